The molecule has 0 aliphatic rings. The lowest BCUT2D eigenvalue weighted by Gasteiger charge is -2.18. The Morgan fingerprint density at radius 3 is 2.95 bits per heavy atom. The molecule has 19 heavy (non-hydrogen) atoms. The van der Waals surface area contributed by atoms with Crippen LogP contribution in [0.1, 0.15) is 17.4 Å². The predicted octanol–water partition coefficient (Wildman–Crippen LogP) is 1.76. The van der Waals surface area contributed by atoms with Gasteiger partial charge < -0.3 is 9.64 Å². The highest BCUT2D eigenvalue weighted by Gasteiger charge is 2.16. The Balaban J connectivity index is 2.28. The molecule has 0 radical (unpaired) electrons. The van der Waals surface area contributed by atoms with Crippen LogP contribution < -0.4 is 4.90 Å². The quantitative estimate of drug-likeness (QED) is 0.784. The van der Waals surface area contributed by atoms with Crippen molar-refractivity contribution < 1.29 is 9.53 Å². The fourth-order valence-electron chi connectivity index (χ4n) is 1.76. The van der Waals surface area contributed by atoms with Gasteiger partial charge in [-0.25, -0.2) is 4.79 Å². The molecule has 0 aromatic carbocycles. The molecule has 0 fully saturated rings. The van der Waals surface area contributed by atoms with Crippen LogP contribution in [0.2, 0.25) is 0 Å². The molecule has 0 N–H and O–H groups in total. The first-order chi connectivity index (χ1) is 9.13. The molecule has 0 spiro atoms. The van der Waals surface area contributed by atoms with E-state index in [0.717, 1.165) is 11.5 Å². The van der Waals surface area contributed by atoms with Crippen LogP contribution >= 0.6 is 0 Å². The van der Waals surface area contributed by atoms with Crippen LogP contribution in [0.25, 0.3) is 0 Å². The van der Waals surface area contributed by atoms with Crippen molar-refractivity contribution in [3.63, 3.8) is 0 Å². The number of anilines is 2. The topological polar surface area (TPSA) is 60.2 Å². The van der Waals surface area contributed by atoms with Crippen LogP contribution in [0.3, 0.4) is 0 Å². The molecule has 6 nitrogen and oxygen atoms in total. The summed E-state index contributed by atoms with van der Waals surface area (Å²) in [4.78, 5) is 17.6. The number of esters is 1. The minimum Gasteiger partial charge on any atom is -0.461 e. The number of hydrogen-bond acceptors (Lipinski definition) is 5. The minimum absolute atomic E-state index is 0.301. The van der Waals surface area contributed by atoms with Gasteiger partial charge in [0, 0.05) is 26.4 Å². The zero-order chi connectivity index (χ0) is 13.8. The van der Waals surface area contributed by atoms with Crippen molar-refractivity contribution in [1.29, 1.82) is 0 Å². The van der Waals surface area contributed by atoms with Crippen molar-refractivity contribution >= 4 is 17.5 Å². The van der Waals surface area contributed by atoms with E-state index in [1.54, 1.807) is 37.1 Å². The maximum Gasteiger partial charge on any atom is 0.358 e. The van der Waals surface area contributed by atoms with E-state index in [1.807, 2.05) is 24.1 Å². The van der Waals surface area contributed by atoms with Gasteiger partial charge in [-0.1, -0.05) is 0 Å². The number of nitrogens with zero attached hydrogens (tertiary/aromatic N) is 4. The summed E-state index contributed by atoms with van der Waals surface area (Å²) in [5.74, 6) is 0.375. The minimum atomic E-state index is -0.413. The molecule has 0 atom stereocenters. The Morgan fingerprint density at radius 1 is 1.53 bits per heavy atom. The van der Waals surface area contributed by atoms with Gasteiger partial charge >= 0.3 is 5.97 Å². The van der Waals surface area contributed by atoms with Gasteiger partial charge in [-0.2, -0.15) is 5.10 Å². The highest BCUT2D eigenvalue weighted by molar-refractivity contribution is 5.88. The van der Waals surface area contributed by atoms with Crippen molar-refractivity contribution in [1.82, 2.24) is 14.8 Å². The van der Waals surface area contributed by atoms with Crippen molar-refractivity contribution in [2.75, 3.05) is 18.6 Å². The monoisotopic (exact) mass is 260 g/mol. The normalized spacial score (nSPS) is 10.3. The molecule has 0 amide bonds. The molecule has 2 aromatic heterocycles. The first-order valence-electron chi connectivity index (χ1n) is 5.98. The van der Waals surface area contributed by atoms with Crippen LogP contribution in [0.15, 0.2) is 30.6 Å². The molecular formula is C13H16N4O2. The number of aryl methyl sites for hydroxylation is 1. The van der Waals surface area contributed by atoms with Gasteiger partial charge in [0.2, 0.25) is 0 Å². The lowest BCUT2D eigenvalue weighted by molar-refractivity contribution is 0.0518. The van der Waals surface area contributed by atoms with E-state index in [-0.39, 0.29) is 0 Å². The third-order valence-electron chi connectivity index (χ3n) is 2.72. The third kappa shape index (κ3) is 2.73. The van der Waals surface area contributed by atoms with Crippen molar-refractivity contribution in [2.45, 2.75) is 6.92 Å². The van der Waals surface area contributed by atoms with Crippen molar-refractivity contribution in [3.05, 3.63) is 36.3 Å². The summed E-state index contributed by atoms with van der Waals surface area (Å²) >= 11 is 0. The first-order valence-corrected chi connectivity index (χ1v) is 5.98. The Labute approximate surface area is 111 Å². The summed E-state index contributed by atoms with van der Waals surface area (Å²) in [6.07, 6.45) is 3.46. The zero-order valence-electron chi connectivity index (χ0n) is 11.2. The van der Waals surface area contributed by atoms with E-state index < -0.39 is 5.97 Å². The Hall–Kier alpha value is -2.37. The zero-order valence-corrected chi connectivity index (χ0v) is 11.2. The Bertz CT molecular complexity index is 565. The summed E-state index contributed by atoms with van der Waals surface area (Å²) < 4.78 is 6.57. The number of carbonyl (C=O) groups excluding carboxylic acids is 1. The second-order valence-electron chi connectivity index (χ2n) is 4.00. The molecule has 0 aliphatic heterocycles. The van der Waals surface area contributed by atoms with Crippen LogP contribution in [0.4, 0.5) is 11.5 Å². The fraction of sp³-hybridized carbons (Fsp3) is 0.308. The maximum absolute atomic E-state index is 11.6. The van der Waals surface area contributed by atoms with Gasteiger partial charge in [0.05, 0.1) is 18.5 Å². The van der Waals surface area contributed by atoms with Gasteiger partial charge in [0.15, 0.2) is 5.69 Å². The van der Waals surface area contributed by atoms with Crippen LogP contribution in [-0.2, 0) is 11.8 Å². The second kappa shape index (κ2) is 5.51. The SMILES string of the molecule is CCOC(=O)c1cc(N(C)c2cccnc2)n(C)n1. The number of carbonyl (C=O) groups is 1. The summed E-state index contributed by atoms with van der Waals surface area (Å²) in [5, 5.41) is 4.16. The number of pyridine rings is 1. The highest BCUT2D eigenvalue weighted by atomic mass is 16.5. The smallest absolute Gasteiger partial charge is 0.358 e. The predicted molar refractivity (Wildman–Crippen MR) is 71.5 cm³/mol. The van der Waals surface area contributed by atoms with Gasteiger partial charge in [0.25, 0.3) is 0 Å². The largest absolute Gasteiger partial charge is 0.461 e. The summed E-state index contributed by atoms with van der Waals surface area (Å²) in [6.45, 7) is 2.10. The number of rotatable bonds is 4. The van der Waals surface area contributed by atoms with Gasteiger partial charge in [-0.3, -0.25) is 9.67 Å². The lowest BCUT2D eigenvalue weighted by atomic mass is 10.3. The molecule has 2 rings (SSSR count). The molecule has 2 aromatic rings. The highest BCUT2D eigenvalue weighted by Crippen LogP contribution is 2.22. The van der Waals surface area contributed by atoms with E-state index in [4.69, 9.17) is 4.74 Å². The lowest BCUT2D eigenvalue weighted by Crippen LogP contribution is -2.13. The average Bonchev–Trinajstić information content (AvgIpc) is 2.81. The number of ether oxygens (including phenoxy) is 1. The standard InChI is InChI=1S/C13H16N4O2/c1-4-19-13(18)11-8-12(17(3)15-11)16(2)10-6-5-7-14-9-10/h5-9H,4H2,1-3H3. The second-order valence-corrected chi connectivity index (χ2v) is 4.00. The molecule has 100 valence electrons. The molecule has 0 saturated heterocycles. The molecule has 0 aliphatic carbocycles. The van der Waals surface area contributed by atoms with Crippen LogP contribution in [-0.4, -0.2) is 34.4 Å². The number of aromatic nitrogens is 3. The molecular weight excluding hydrogens is 244 g/mol. The summed E-state index contributed by atoms with van der Waals surface area (Å²) in [5.41, 5.74) is 1.22. The summed E-state index contributed by atoms with van der Waals surface area (Å²) in [7, 11) is 3.67. The van der Waals surface area contributed by atoms with E-state index in [1.165, 1.54) is 0 Å². The molecule has 0 bridgehead atoms. The molecule has 2 heterocycles. The van der Waals surface area contributed by atoms with Crippen molar-refractivity contribution in [3.8, 4) is 0 Å². The van der Waals surface area contributed by atoms with Crippen LogP contribution in [0.5, 0.6) is 0 Å². The average molecular weight is 260 g/mol. The maximum atomic E-state index is 11.6. The Morgan fingerprint density at radius 2 is 2.32 bits per heavy atom. The summed E-state index contributed by atoms with van der Waals surface area (Å²) in [6, 6.07) is 5.49. The molecule has 0 saturated carbocycles. The fourth-order valence-corrected chi connectivity index (χ4v) is 1.76. The Kier molecular flexibility index (Phi) is 3.79. The van der Waals surface area contributed by atoms with E-state index in [0.29, 0.717) is 12.3 Å². The van der Waals surface area contributed by atoms with Gasteiger partial charge in [0.1, 0.15) is 5.82 Å². The first kappa shape index (κ1) is 13.1. The van der Waals surface area contributed by atoms with Gasteiger partial charge in [-0.05, 0) is 19.1 Å². The molecule has 6 heteroatoms. The third-order valence-corrected chi connectivity index (χ3v) is 2.72. The van der Waals surface area contributed by atoms with E-state index in [9.17, 15) is 4.79 Å². The number of hydrogen-bond donors (Lipinski definition) is 0. The van der Waals surface area contributed by atoms with E-state index >= 15 is 0 Å². The van der Waals surface area contributed by atoms with Gasteiger partial charge in [-0.15, -0.1) is 0 Å². The molecule has 0 unspecified atom stereocenters. The van der Waals surface area contributed by atoms with Crippen LogP contribution in [0, 0.1) is 0 Å². The van der Waals surface area contributed by atoms with E-state index in [2.05, 4.69) is 10.1 Å². The van der Waals surface area contributed by atoms with Crippen molar-refractivity contribution in [2.24, 2.45) is 7.05 Å².